The van der Waals surface area contributed by atoms with Gasteiger partial charge in [0.15, 0.2) is 0 Å². The summed E-state index contributed by atoms with van der Waals surface area (Å²) in [7, 11) is -4.21. The maximum absolute atomic E-state index is 12.5. The van der Waals surface area contributed by atoms with Crippen molar-refractivity contribution in [2.45, 2.75) is 4.21 Å². The Hall–Kier alpha value is -1.29. The Morgan fingerprint density at radius 1 is 0.870 bits per heavy atom. The fraction of sp³-hybridized carbons (Fsp3) is 0.231. The molecule has 0 saturated carbocycles. The maximum atomic E-state index is 12.5. The van der Waals surface area contributed by atoms with Gasteiger partial charge in [0.1, 0.15) is 4.21 Å². The van der Waals surface area contributed by atoms with E-state index in [1.165, 1.54) is 26.2 Å². The van der Waals surface area contributed by atoms with Crippen LogP contribution in [0.1, 0.15) is 0 Å². The van der Waals surface area contributed by atoms with Crippen molar-refractivity contribution in [2.24, 2.45) is 0 Å². The van der Waals surface area contributed by atoms with Crippen molar-refractivity contribution >= 4 is 54.4 Å². The van der Waals surface area contributed by atoms with Gasteiger partial charge in [-0.25, -0.2) is 16.8 Å². The van der Waals surface area contributed by atoms with Gasteiger partial charge in [-0.1, -0.05) is 11.6 Å². The van der Waals surface area contributed by atoms with Crippen molar-refractivity contribution in [3.8, 4) is 0 Å². The first-order valence-corrected chi connectivity index (χ1v) is 10.8. The molecule has 0 atom stereocenters. The van der Waals surface area contributed by atoms with Gasteiger partial charge in [0, 0.05) is 14.1 Å². The van der Waals surface area contributed by atoms with Crippen LogP contribution < -0.4 is 8.61 Å². The van der Waals surface area contributed by atoms with Crippen molar-refractivity contribution in [1.29, 1.82) is 0 Å². The van der Waals surface area contributed by atoms with Gasteiger partial charge in [-0.15, -0.1) is 11.3 Å². The molecule has 2 rings (SSSR count). The SMILES string of the molecule is CN(c1ccc(N(C)S(=O)(=O)c2ccc(Cl)s2)cc1)S(C)(=O)=O. The Morgan fingerprint density at radius 2 is 1.35 bits per heavy atom. The minimum Gasteiger partial charge on any atom is -0.274 e. The predicted molar refractivity (Wildman–Crippen MR) is 94.6 cm³/mol. The molecule has 0 aliphatic heterocycles. The number of anilines is 2. The van der Waals surface area contributed by atoms with Crippen LogP contribution in [-0.2, 0) is 20.0 Å². The third-order valence-electron chi connectivity index (χ3n) is 3.24. The number of rotatable bonds is 5. The van der Waals surface area contributed by atoms with Gasteiger partial charge in [-0.3, -0.25) is 8.61 Å². The Morgan fingerprint density at radius 3 is 1.74 bits per heavy atom. The molecule has 0 unspecified atom stereocenters. The van der Waals surface area contributed by atoms with E-state index in [4.69, 9.17) is 11.6 Å². The lowest BCUT2D eigenvalue weighted by Crippen LogP contribution is -2.26. The zero-order valence-electron chi connectivity index (χ0n) is 12.6. The van der Waals surface area contributed by atoms with Crippen LogP contribution in [0.2, 0.25) is 4.34 Å². The van der Waals surface area contributed by atoms with Crippen LogP contribution in [-0.4, -0.2) is 37.2 Å². The highest BCUT2D eigenvalue weighted by Gasteiger charge is 2.23. The van der Waals surface area contributed by atoms with Gasteiger partial charge in [0.2, 0.25) is 10.0 Å². The summed E-state index contributed by atoms with van der Waals surface area (Å²) in [5, 5.41) is 0. The van der Waals surface area contributed by atoms with E-state index in [1.807, 2.05) is 0 Å². The van der Waals surface area contributed by atoms with Gasteiger partial charge in [0.25, 0.3) is 10.0 Å². The lowest BCUT2D eigenvalue weighted by molar-refractivity contribution is 0.595. The highest BCUT2D eigenvalue weighted by molar-refractivity contribution is 7.94. The van der Waals surface area contributed by atoms with Crippen LogP contribution in [0.25, 0.3) is 0 Å². The topological polar surface area (TPSA) is 74.8 Å². The molecule has 0 spiro atoms. The fourth-order valence-corrected chi connectivity index (χ4v) is 5.13. The standard InChI is InChI=1S/C13H15ClN2O4S3/c1-15(22(3,17)18)10-4-6-11(7-5-10)16(2)23(19,20)13-9-8-12(14)21-13/h4-9H,1-3H3. The monoisotopic (exact) mass is 394 g/mol. The van der Waals surface area contributed by atoms with Crippen LogP contribution in [0.5, 0.6) is 0 Å². The van der Waals surface area contributed by atoms with E-state index < -0.39 is 20.0 Å². The molecule has 0 aliphatic carbocycles. The number of halogens is 1. The highest BCUT2D eigenvalue weighted by atomic mass is 35.5. The third kappa shape index (κ3) is 3.79. The Bertz CT molecular complexity index is 905. The summed E-state index contributed by atoms with van der Waals surface area (Å²) in [4.78, 5) is 0. The van der Waals surface area contributed by atoms with Gasteiger partial charge in [-0.05, 0) is 36.4 Å². The van der Waals surface area contributed by atoms with E-state index in [0.717, 1.165) is 26.2 Å². The molecule has 0 saturated heterocycles. The molecular weight excluding hydrogens is 380 g/mol. The van der Waals surface area contributed by atoms with Crippen LogP contribution in [0.15, 0.2) is 40.6 Å². The van der Waals surface area contributed by atoms with E-state index >= 15 is 0 Å². The van der Waals surface area contributed by atoms with Gasteiger partial charge >= 0.3 is 0 Å². The first-order valence-electron chi connectivity index (χ1n) is 6.32. The molecule has 1 heterocycles. The molecule has 10 heteroatoms. The fourth-order valence-electron chi connectivity index (χ4n) is 1.77. The number of nitrogens with zero attached hydrogens (tertiary/aromatic N) is 2. The van der Waals surface area contributed by atoms with Crippen LogP contribution >= 0.6 is 22.9 Å². The average Bonchev–Trinajstić information content (AvgIpc) is 2.92. The number of benzene rings is 1. The molecule has 1 aromatic heterocycles. The third-order valence-corrected chi connectivity index (χ3v) is 7.93. The quantitative estimate of drug-likeness (QED) is 0.781. The predicted octanol–water partition coefficient (Wildman–Crippen LogP) is 2.62. The average molecular weight is 395 g/mol. The lowest BCUT2D eigenvalue weighted by atomic mass is 10.3. The maximum Gasteiger partial charge on any atom is 0.273 e. The van der Waals surface area contributed by atoms with Crippen LogP contribution in [0.4, 0.5) is 11.4 Å². The molecular formula is C13H15ClN2O4S3. The number of hydrogen-bond acceptors (Lipinski definition) is 5. The molecule has 6 nitrogen and oxygen atoms in total. The van der Waals surface area contributed by atoms with Crippen molar-refractivity contribution in [2.75, 3.05) is 29.0 Å². The van der Waals surface area contributed by atoms with Crippen LogP contribution in [0.3, 0.4) is 0 Å². The summed E-state index contributed by atoms with van der Waals surface area (Å²) < 4.78 is 50.8. The summed E-state index contributed by atoms with van der Waals surface area (Å²) in [6.07, 6.45) is 1.10. The molecule has 0 radical (unpaired) electrons. The molecule has 23 heavy (non-hydrogen) atoms. The lowest BCUT2D eigenvalue weighted by Gasteiger charge is -2.21. The van der Waals surface area contributed by atoms with E-state index in [9.17, 15) is 16.8 Å². The minimum atomic E-state index is -3.70. The van der Waals surface area contributed by atoms with Gasteiger partial charge in [-0.2, -0.15) is 0 Å². The molecule has 0 bridgehead atoms. The summed E-state index contributed by atoms with van der Waals surface area (Å²) in [6, 6.07) is 9.16. The van der Waals surface area contributed by atoms with Gasteiger partial charge < -0.3 is 0 Å². The summed E-state index contributed by atoms with van der Waals surface area (Å²) in [5.74, 6) is 0. The van der Waals surface area contributed by atoms with E-state index in [-0.39, 0.29) is 4.21 Å². The molecule has 0 N–H and O–H groups in total. The Balaban J connectivity index is 2.32. The molecule has 2 aromatic rings. The summed E-state index contributed by atoms with van der Waals surface area (Å²) in [6.45, 7) is 0. The molecule has 1 aromatic carbocycles. The second-order valence-corrected chi connectivity index (χ2v) is 10.7. The van der Waals surface area contributed by atoms with Crippen molar-refractivity contribution in [1.82, 2.24) is 0 Å². The van der Waals surface area contributed by atoms with E-state index in [0.29, 0.717) is 15.7 Å². The molecule has 0 fully saturated rings. The number of sulfonamides is 2. The Labute approximate surface area is 145 Å². The zero-order chi connectivity index (χ0) is 17.4. The normalized spacial score (nSPS) is 12.2. The molecule has 0 amide bonds. The minimum absolute atomic E-state index is 0.141. The first-order chi connectivity index (χ1) is 10.5. The van der Waals surface area contributed by atoms with Crippen molar-refractivity contribution in [3.63, 3.8) is 0 Å². The smallest absolute Gasteiger partial charge is 0.273 e. The van der Waals surface area contributed by atoms with Crippen molar-refractivity contribution < 1.29 is 16.8 Å². The van der Waals surface area contributed by atoms with Gasteiger partial charge in [0.05, 0.1) is 22.0 Å². The number of thiophene rings is 1. The summed E-state index contributed by atoms with van der Waals surface area (Å²) >= 11 is 6.77. The van der Waals surface area contributed by atoms with Crippen molar-refractivity contribution in [3.05, 3.63) is 40.7 Å². The zero-order valence-corrected chi connectivity index (χ0v) is 15.8. The van der Waals surface area contributed by atoms with E-state index in [1.54, 1.807) is 24.3 Å². The molecule has 126 valence electrons. The molecule has 0 aliphatic rings. The second kappa shape index (κ2) is 6.31. The second-order valence-electron chi connectivity index (χ2n) is 4.78. The van der Waals surface area contributed by atoms with Crippen LogP contribution in [0, 0.1) is 0 Å². The summed E-state index contributed by atoms with van der Waals surface area (Å²) in [5.41, 5.74) is 0.862. The highest BCUT2D eigenvalue weighted by Crippen LogP contribution is 2.30. The largest absolute Gasteiger partial charge is 0.274 e. The Kier molecular flexibility index (Phi) is 4.95. The van der Waals surface area contributed by atoms with E-state index in [2.05, 4.69) is 0 Å². The number of hydrogen-bond donors (Lipinski definition) is 0. The first kappa shape index (κ1) is 18.1.